The van der Waals surface area contributed by atoms with Gasteiger partial charge in [-0.25, -0.2) is 4.21 Å². The van der Waals surface area contributed by atoms with Crippen molar-refractivity contribution in [1.82, 2.24) is 4.72 Å². The summed E-state index contributed by atoms with van der Waals surface area (Å²) in [6.07, 6.45) is 0.938. The van der Waals surface area contributed by atoms with Crippen LogP contribution in [-0.4, -0.2) is 10.1 Å². The molecule has 0 saturated heterocycles. The molecule has 0 saturated carbocycles. The predicted molar refractivity (Wildman–Crippen MR) is 80.8 cm³/mol. The van der Waals surface area contributed by atoms with E-state index in [4.69, 9.17) is 11.6 Å². The summed E-state index contributed by atoms with van der Waals surface area (Å²) >= 11 is 5.75. The van der Waals surface area contributed by atoms with Crippen molar-refractivity contribution < 1.29 is 9.00 Å². The third-order valence-electron chi connectivity index (χ3n) is 2.72. The molecule has 0 aliphatic carbocycles. The van der Waals surface area contributed by atoms with E-state index in [2.05, 4.69) is 4.72 Å². The summed E-state index contributed by atoms with van der Waals surface area (Å²) in [5.41, 5.74) is 1.08. The zero-order valence-electron chi connectivity index (χ0n) is 10.7. The maximum absolute atomic E-state index is 11.9. The summed E-state index contributed by atoms with van der Waals surface area (Å²) in [6.45, 7) is 0. The molecule has 2 aromatic rings. The van der Waals surface area contributed by atoms with Crippen molar-refractivity contribution in [3.05, 3.63) is 65.2 Å². The standard InChI is InChI=1S/C15H14ClNO2S/c16-13-7-9-14(10-8-13)20(19)17-15(18)11-6-12-4-2-1-3-5-12/h1-5,7-10H,6,11H2,(H,17,18). The van der Waals surface area contributed by atoms with Crippen LogP contribution >= 0.6 is 11.6 Å². The summed E-state index contributed by atoms with van der Waals surface area (Å²) in [5.74, 6) is -0.234. The van der Waals surface area contributed by atoms with Gasteiger partial charge in [0.1, 0.15) is 0 Å². The number of carbonyl (C=O) groups excluding carboxylic acids is 1. The Balaban J connectivity index is 1.85. The van der Waals surface area contributed by atoms with E-state index in [1.165, 1.54) is 0 Å². The maximum Gasteiger partial charge on any atom is 0.232 e. The van der Waals surface area contributed by atoms with Crippen LogP contribution in [0.1, 0.15) is 12.0 Å². The molecule has 5 heteroatoms. The molecule has 20 heavy (non-hydrogen) atoms. The Morgan fingerprint density at radius 3 is 2.35 bits per heavy atom. The zero-order valence-corrected chi connectivity index (χ0v) is 12.3. The van der Waals surface area contributed by atoms with Crippen LogP contribution in [0.5, 0.6) is 0 Å². The Labute approximate surface area is 125 Å². The van der Waals surface area contributed by atoms with E-state index < -0.39 is 11.0 Å². The Morgan fingerprint density at radius 1 is 1.05 bits per heavy atom. The normalized spacial score (nSPS) is 11.8. The van der Waals surface area contributed by atoms with Crippen LogP contribution in [0.15, 0.2) is 59.5 Å². The van der Waals surface area contributed by atoms with Gasteiger partial charge < -0.3 is 0 Å². The molecule has 104 valence electrons. The van der Waals surface area contributed by atoms with Crippen molar-refractivity contribution >= 4 is 28.5 Å². The van der Waals surface area contributed by atoms with E-state index >= 15 is 0 Å². The van der Waals surface area contributed by atoms with Crippen molar-refractivity contribution in [2.45, 2.75) is 17.7 Å². The van der Waals surface area contributed by atoms with E-state index in [0.29, 0.717) is 22.8 Å². The summed E-state index contributed by atoms with van der Waals surface area (Å²) in [4.78, 5) is 12.3. The first-order valence-corrected chi connectivity index (χ1v) is 7.68. The molecule has 0 aliphatic rings. The first-order chi connectivity index (χ1) is 9.65. The number of rotatable bonds is 5. The number of benzene rings is 2. The second-order valence-electron chi connectivity index (χ2n) is 4.23. The van der Waals surface area contributed by atoms with Gasteiger partial charge in [-0.3, -0.25) is 9.52 Å². The van der Waals surface area contributed by atoms with Crippen LogP contribution < -0.4 is 4.72 Å². The van der Waals surface area contributed by atoms with Gasteiger partial charge in [-0.05, 0) is 36.2 Å². The van der Waals surface area contributed by atoms with Gasteiger partial charge in [0.05, 0.1) is 4.90 Å². The highest BCUT2D eigenvalue weighted by Gasteiger charge is 2.08. The highest BCUT2D eigenvalue weighted by molar-refractivity contribution is 7.83. The van der Waals surface area contributed by atoms with Crippen LogP contribution in [0, 0.1) is 0 Å². The van der Waals surface area contributed by atoms with Crippen LogP contribution in [0.3, 0.4) is 0 Å². The molecule has 1 N–H and O–H groups in total. The molecule has 0 heterocycles. The van der Waals surface area contributed by atoms with Gasteiger partial charge >= 0.3 is 0 Å². The summed E-state index contributed by atoms with van der Waals surface area (Å²) in [7, 11) is -1.54. The Hall–Kier alpha value is -1.65. The molecule has 1 unspecified atom stereocenters. The smallest absolute Gasteiger partial charge is 0.232 e. The van der Waals surface area contributed by atoms with Crippen molar-refractivity contribution in [2.24, 2.45) is 0 Å². The van der Waals surface area contributed by atoms with E-state index in [9.17, 15) is 9.00 Å². The fraction of sp³-hybridized carbons (Fsp3) is 0.133. The van der Waals surface area contributed by atoms with Crippen LogP contribution in [-0.2, 0) is 22.2 Å². The molecule has 2 rings (SSSR count). The molecule has 0 aromatic heterocycles. The molecule has 1 amide bonds. The minimum atomic E-state index is -1.54. The molecule has 3 nitrogen and oxygen atoms in total. The van der Waals surface area contributed by atoms with Crippen molar-refractivity contribution in [1.29, 1.82) is 0 Å². The summed E-state index contributed by atoms with van der Waals surface area (Å²) in [6, 6.07) is 16.3. The minimum absolute atomic E-state index is 0.234. The lowest BCUT2D eigenvalue weighted by Crippen LogP contribution is -2.25. The van der Waals surface area contributed by atoms with Gasteiger partial charge in [0.2, 0.25) is 5.91 Å². The fourth-order valence-electron chi connectivity index (χ4n) is 1.67. The molecular weight excluding hydrogens is 294 g/mol. The van der Waals surface area contributed by atoms with Gasteiger partial charge in [0, 0.05) is 11.4 Å². The predicted octanol–water partition coefficient (Wildman–Crippen LogP) is 3.11. The lowest BCUT2D eigenvalue weighted by atomic mass is 10.1. The molecule has 0 bridgehead atoms. The summed E-state index contributed by atoms with van der Waals surface area (Å²) < 4.78 is 14.4. The third kappa shape index (κ3) is 4.47. The molecule has 0 spiro atoms. The number of hydrogen-bond acceptors (Lipinski definition) is 2. The minimum Gasteiger partial charge on any atom is -0.274 e. The molecule has 0 fully saturated rings. The maximum atomic E-state index is 11.9. The second-order valence-corrected chi connectivity index (χ2v) is 5.88. The largest absolute Gasteiger partial charge is 0.274 e. The molecule has 0 aliphatic heterocycles. The number of hydrogen-bond donors (Lipinski definition) is 1. The number of nitrogens with one attached hydrogen (secondary N) is 1. The molecule has 0 radical (unpaired) electrons. The first kappa shape index (κ1) is 14.8. The number of aryl methyl sites for hydroxylation is 1. The number of halogens is 1. The number of amides is 1. The van der Waals surface area contributed by atoms with Crippen molar-refractivity contribution in [3.63, 3.8) is 0 Å². The van der Waals surface area contributed by atoms with E-state index in [0.717, 1.165) is 5.56 Å². The average molecular weight is 308 g/mol. The van der Waals surface area contributed by atoms with Crippen molar-refractivity contribution in [3.8, 4) is 0 Å². The first-order valence-electron chi connectivity index (χ1n) is 6.16. The quantitative estimate of drug-likeness (QED) is 0.922. The van der Waals surface area contributed by atoms with Gasteiger partial charge in [0.15, 0.2) is 11.0 Å². The van der Waals surface area contributed by atoms with Gasteiger partial charge in [-0.2, -0.15) is 0 Å². The third-order valence-corrected chi connectivity index (χ3v) is 4.08. The lowest BCUT2D eigenvalue weighted by Gasteiger charge is -2.05. The number of carbonyl (C=O) groups is 1. The van der Waals surface area contributed by atoms with Gasteiger partial charge in [-0.15, -0.1) is 0 Å². The average Bonchev–Trinajstić information content (AvgIpc) is 2.47. The highest BCUT2D eigenvalue weighted by atomic mass is 35.5. The Bertz CT molecular complexity index is 599. The van der Waals surface area contributed by atoms with Gasteiger partial charge in [-0.1, -0.05) is 41.9 Å². The fourth-order valence-corrected chi connectivity index (χ4v) is 2.61. The highest BCUT2D eigenvalue weighted by Crippen LogP contribution is 2.12. The Kier molecular flexibility index (Phi) is 5.32. The van der Waals surface area contributed by atoms with E-state index in [1.54, 1.807) is 24.3 Å². The molecule has 1 atom stereocenters. The van der Waals surface area contributed by atoms with E-state index in [-0.39, 0.29) is 5.91 Å². The van der Waals surface area contributed by atoms with Crippen LogP contribution in [0.2, 0.25) is 5.02 Å². The van der Waals surface area contributed by atoms with Crippen LogP contribution in [0.4, 0.5) is 0 Å². The van der Waals surface area contributed by atoms with Crippen molar-refractivity contribution in [2.75, 3.05) is 0 Å². The zero-order chi connectivity index (χ0) is 14.4. The van der Waals surface area contributed by atoms with Gasteiger partial charge in [0.25, 0.3) is 0 Å². The molecular formula is C15H14ClNO2S. The second kappa shape index (κ2) is 7.22. The van der Waals surface area contributed by atoms with E-state index in [1.807, 2.05) is 30.3 Å². The lowest BCUT2D eigenvalue weighted by molar-refractivity contribution is -0.119. The Morgan fingerprint density at radius 2 is 1.70 bits per heavy atom. The SMILES string of the molecule is O=C(CCc1ccccc1)NS(=O)c1ccc(Cl)cc1. The molecule has 2 aromatic carbocycles. The van der Waals surface area contributed by atoms with Crippen LogP contribution in [0.25, 0.3) is 0 Å². The summed E-state index contributed by atoms with van der Waals surface area (Å²) in [5, 5.41) is 0.571. The topological polar surface area (TPSA) is 46.2 Å². The monoisotopic (exact) mass is 307 g/mol.